The number of fused-ring (bicyclic) bond motifs is 3. The Balaban J connectivity index is 1.59. The minimum Gasteiger partial charge on any atom is -0.478 e. The van der Waals surface area contributed by atoms with Crippen LogP contribution in [0.5, 0.6) is 0 Å². The number of carboxylic acid groups (broad SMARTS) is 1. The van der Waals surface area contributed by atoms with Crippen molar-refractivity contribution in [3.63, 3.8) is 0 Å². The number of carbonyl (C=O) groups excluding carboxylic acids is 1. The first-order valence-electron chi connectivity index (χ1n) is 12.6. The highest BCUT2D eigenvalue weighted by Crippen LogP contribution is 2.43. The highest BCUT2D eigenvalue weighted by molar-refractivity contribution is 6.08. The van der Waals surface area contributed by atoms with Crippen molar-refractivity contribution < 1.29 is 19.1 Å². The molecule has 0 atom stereocenters. The van der Waals surface area contributed by atoms with Gasteiger partial charge in [0.05, 0.1) is 16.8 Å². The number of hydrogen-bond acceptors (Lipinski definition) is 7. The molecule has 196 valence electrons. The van der Waals surface area contributed by atoms with Gasteiger partial charge in [0.25, 0.3) is 0 Å². The van der Waals surface area contributed by atoms with Crippen LogP contribution in [-0.2, 0) is 6.54 Å². The topological polar surface area (TPSA) is 136 Å². The number of aromatic carboxylic acids is 1. The summed E-state index contributed by atoms with van der Waals surface area (Å²) in [6.45, 7) is 1.95. The van der Waals surface area contributed by atoms with Crippen molar-refractivity contribution in [1.82, 2.24) is 4.98 Å². The number of pyridine rings is 1. The molecule has 1 aromatic heterocycles. The first-order chi connectivity index (χ1) is 19.4. The number of aldehydes is 1. The molecule has 0 saturated carbocycles. The predicted octanol–water partition coefficient (Wildman–Crippen LogP) is 6.13. The SMILES string of the molecule is Cc1cc2c(-c3ccccc3C(=O)O)c3ccc(N)c(CNc4cccc5ccc(C=O)nc45)c3oc-2cc1=O. The molecule has 1 aliphatic carbocycles. The number of aryl methyl sites for hydroxylation is 1. The molecule has 8 heteroatoms. The van der Waals surface area contributed by atoms with E-state index in [4.69, 9.17) is 10.2 Å². The molecule has 0 saturated heterocycles. The van der Waals surface area contributed by atoms with E-state index < -0.39 is 5.97 Å². The van der Waals surface area contributed by atoms with Crippen molar-refractivity contribution in [2.24, 2.45) is 0 Å². The summed E-state index contributed by atoms with van der Waals surface area (Å²) in [6.07, 6.45) is 0.700. The van der Waals surface area contributed by atoms with Crippen LogP contribution in [0.15, 0.2) is 88.1 Å². The lowest BCUT2D eigenvalue weighted by Gasteiger charge is -2.20. The van der Waals surface area contributed by atoms with Crippen LogP contribution in [0, 0.1) is 6.92 Å². The number of carbonyl (C=O) groups is 2. The summed E-state index contributed by atoms with van der Waals surface area (Å²) in [6, 6.07) is 22.6. The van der Waals surface area contributed by atoms with Gasteiger partial charge in [0.1, 0.15) is 17.0 Å². The van der Waals surface area contributed by atoms with E-state index >= 15 is 0 Å². The minimum atomic E-state index is -1.06. The van der Waals surface area contributed by atoms with Gasteiger partial charge in [-0.2, -0.15) is 0 Å². The summed E-state index contributed by atoms with van der Waals surface area (Å²) < 4.78 is 6.34. The molecule has 40 heavy (non-hydrogen) atoms. The molecule has 4 N–H and O–H groups in total. The number of nitrogen functional groups attached to an aromatic ring is 1. The van der Waals surface area contributed by atoms with Gasteiger partial charge in [0, 0.05) is 45.8 Å². The fourth-order valence-electron chi connectivity index (χ4n) is 5.07. The number of para-hydroxylation sites is 1. The zero-order valence-corrected chi connectivity index (χ0v) is 21.4. The third-order valence-corrected chi connectivity index (χ3v) is 7.07. The van der Waals surface area contributed by atoms with Crippen molar-refractivity contribution in [3.8, 4) is 22.5 Å². The van der Waals surface area contributed by atoms with E-state index in [9.17, 15) is 19.5 Å². The van der Waals surface area contributed by atoms with Crippen molar-refractivity contribution >= 4 is 45.5 Å². The molecule has 0 fully saturated rings. The monoisotopic (exact) mass is 529 g/mol. The van der Waals surface area contributed by atoms with Crippen molar-refractivity contribution in [1.29, 1.82) is 0 Å². The number of aromatic nitrogens is 1. The lowest BCUT2D eigenvalue weighted by Crippen LogP contribution is -2.09. The molecule has 0 bridgehead atoms. The van der Waals surface area contributed by atoms with Crippen LogP contribution in [0.25, 0.3) is 44.3 Å². The molecule has 2 aliphatic rings. The maximum atomic E-state index is 12.6. The maximum absolute atomic E-state index is 12.6. The molecule has 4 aromatic rings. The molecular formula is C32H23N3O5. The number of anilines is 2. The van der Waals surface area contributed by atoms with Crippen LogP contribution in [0.4, 0.5) is 11.4 Å². The molecular weight excluding hydrogens is 506 g/mol. The lowest BCUT2D eigenvalue weighted by atomic mass is 9.89. The zero-order chi connectivity index (χ0) is 28.0. The second kappa shape index (κ2) is 9.67. The summed E-state index contributed by atoms with van der Waals surface area (Å²) in [5.74, 6) is -0.738. The van der Waals surface area contributed by atoms with Gasteiger partial charge in [-0.1, -0.05) is 36.4 Å². The first-order valence-corrected chi connectivity index (χ1v) is 12.6. The molecule has 6 rings (SSSR count). The molecule has 2 heterocycles. The van der Waals surface area contributed by atoms with E-state index in [0.29, 0.717) is 73.4 Å². The normalized spacial score (nSPS) is 11.2. The number of benzene rings is 4. The van der Waals surface area contributed by atoms with Crippen molar-refractivity contribution in [2.45, 2.75) is 13.5 Å². The van der Waals surface area contributed by atoms with Crippen LogP contribution in [0.2, 0.25) is 0 Å². The van der Waals surface area contributed by atoms with E-state index in [2.05, 4.69) is 10.3 Å². The van der Waals surface area contributed by atoms with Crippen LogP contribution < -0.4 is 16.5 Å². The summed E-state index contributed by atoms with van der Waals surface area (Å²) in [5.41, 5.74) is 11.9. The highest BCUT2D eigenvalue weighted by Gasteiger charge is 2.24. The summed E-state index contributed by atoms with van der Waals surface area (Å²) in [7, 11) is 0. The first kappa shape index (κ1) is 24.8. The van der Waals surface area contributed by atoms with E-state index in [1.165, 1.54) is 6.07 Å². The Bertz CT molecular complexity index is 2010. The van der Waals surface area contributed by atoms with Gasteiger partial charge in [0.15, 0.2) is 11.7 Å². The Morgan fingerprint density at radius 1 is 1.02 bits per heavy atom. The Morgan fingerprint density at radius 2 is 1.85 bits per heavy atom. The van der Waals surface area contributed by atoms with E-state index in [0.717, 1.165) is 5.39 Å². The summed E-state index contributed by atoms with van der Waals surface area (Å²) in [4.78, 5) is 40.6. The number of nitrogens with two attached hydrogens (primary N) is 1. The fourth-order valence-corrected chi connectivity index (χ4v) is 5.07. The van der Waals surface area contributed by atoms with Crippen LogP contribution >= 0.6 is 0 Å². The van der Waals surface area contributed by atoms with Gasteiger partial charge in [-0.3, -0.25) is 9.59 Å². The average Bonchev–Trinajstić information content (AvgIpc) is 2.96. The van der Waals surface area contributed by atoms with Crippen LogP contribution in [0.3, 0.4) is 0 Å². The zero-order valence-electron chi connectivity index (χ0n) is 21.4. The van der Waals surface area contributed by atoms with Crippen molar-refractivity contribution in [3.05, 3.63) is 111 Å². The smallest absolute Gasteiger partial charge is 0.336 e. The molecule has 0 unspecified atom stereocenters. The second-order valence-electron chi connectivity index (χ2n) is 9.54. The third kappa shape index (κ3) is 4.12. The third-order valence-electron chi connectivity index (χ3n) is 7.07. The standard InChI is InChI=1S/C32H23N3O5/c1-17-13-23-28(14-27(17)37)40-31-22(29(23)20-6-2-3-7-21(20)32(38)39)11-12-25(33)24(31)15-34-26-8-4-5-18-9-10-19(16-36)35-30(18)26/h2-14,16,34H,15,33H2,1H3,(H,38,39). The Kier molecular flexibility index (Phi) is 6.00. The number of carboxylic acids is 1. The average molecular weight is 530 g/mol. The largest absolute Gasteiger partial charge is 0.478 e. The van der Waals surface area contributed by atoms with Crippen molar-refractivity contribution in [2.75, 3.05) is 11.1 Å². The quantitative estimate of drug-likeness (QED) is 0.133. The van der Waals surface area contributed by atoms with E-state index in [1.807, 2.05) is 24.3 Å². The molecule has 0 radical (unpaired) electrons. The number of rotatable bonds is 6. The fraction of sp³-hybridized carbons (Fsp3) is 0.0625. The Morgan fingerprint density at radius 3 is 2.65 bits per heavy atom. The van der Waals surface area contributed by atoms with Gasteiger partial charge in [0.2, 0.25) is 0 Å². The summed E-state index contributed by atoms with van der Waals surface area (Å²) >= 11 is 0. The highest BCUT2D eigenvalue weighted by atomic mass is 16.4. The molecule has 8 nitrogen and oxygen atoms in total. The van der Waals surface area contributed by atoms with Gasteiger partial charge < -0.3 is 20.6 Å². The minimum absolute atomic E-state index is 0.129. The Hall–Kier alpha value is -5.50. The number of nitrogens with one attached hydrogen (secondary N) is 1. The number of hydrogen-bond donors (Lipinski definition) is 3. The molecule has 0 spiro atoms. The molecule has 0 amide bonds. The van der Waals surface area contributed by atoms with Gasteiger partial charge in [-0.05, 0) is 54.4 Å². The molecule has 1 aliphatic heterocycles. The number of nitrogens with zero attached hydrogens (tertiary/aromatic N) is 1. The van der Waals surface area contributed by atoms with Gasteiger partial charge in [-0.15, -0.1) is 0 Å². The summed E-state index contributed by atoms with van der Waals surface area (Å²) in [5, 5.41) is 14.9. The molecule has 3 aromatic carbocycles. The predicted molar refractivity (Wildman–Crippen MR) is 155 cm³/mol. The Labute approximate surface area is 228 Å². The second-order valence-corrected chi connectivity index (χ2v) is 9.54. The van der Waals surface area contributed by atoms with Gasteiger partial charge in [-0.25, -0.2) is 9.78 Å². The van der Waals surface area contributed by atoms with Crippen LogP contribution in [-0.4, -0.2) is 22.3 Å². The maximum Gasteiger partial charge on any atom is 0.336 e. The van der Waals surface area contributed by atoms with Gasteiger partial charge >= 0.3 is 5.97 Å². The van der Waals surface area contributed by atoms with E-state index in [1.54, 1.807) is 55.5 Å². The van der Waals surface area contributed by atoms with E-state index in [-0.39, 0.29) is 17.5 Å². The lowest BCUT2D eigenvalue weighted by molar-refractivity contribution is 0.0697. The van der Waals surface area contributed by atoms with Crippen LogP contribution in [0.1, 0.15) is 32.0 Å².